The molecule has 0 bridgehead atoms. The quantitative estimate of drug-likeness (QED) is 0.146. The number of benzene rings is 4. The van der Waals surface area contributed by atoms with Gasteiger partial charge in [0, 0.05) is 23.2 Å². The highest BCUT2D eigenvalue weighted by Gasteiger charge is 2.14. The fraction of sp³-hybridized carbons (Fsp3) is 0.152. The van der Waals surface area contributed by atoms with Crippen molar-refractivity contribution in [1.82, 2.24) is 4.98 Å². The van der Waals surface area contributed by atoms with Crippen LogP contribution in [0.25, 0.3) is 49.7 Å². The van der Waals surface area contributed by atoms with E-state index in [1.165, 1.54) is 51.1 Å². The first-order valence-electron chi connectivity index (χ1n) is 12.2. The van der Waals surface area contributed by atoms with E-state index in [-0.39, 0.29) is 5.78 Å². The van der Waals surface area contributed by atoms with E-state index in [9.17, 15) is 4.79 Å². The lowest BCUT2D eigenvalue weighted by Crippen LogP contribution is -1.94. The van der Waals surface area contributed by atoms with Gasteiger partial charge < -0.3 is 4.74 Å². The average molecular weight is 472 g/mol. The highest BCUT2D eigenvalue weighted by atomic mass is 16.5. The van der Waals surface area contributed by atoms with Crippen LogP contribution in [0.2, 0.25) is 0 Å². The van der Waals surface area contributed by atoms with E-state index in [4.69, 9.17) is 9.72 Å². The minimum atomic E-state index is -0.0387. The zero-order valence-electron chi connectivity index (χ0n) is 21.3. The van der Waals surface area contributed by atoms with Crippen LogP contribution in [0.5, 0.6) is 0 Å². The van der Waals surface area contributed by atoms with Crippen molar-refractivity contribution < 1.29 is 9.53 Å². The molecule has 0 aliphatic heterocycles. The van der Waals surface area contributed by atoms with Gasteiger partial charge in [-0.25, -0.2) is 0 Å². The molecular weight excluding hydrogens is 442 g/mol. The van der Waals surface area contributed by atoms with Crippen LogP contribution in [-0.4, -0.2) is 10.8 Å². The van der Waals surface area contributed by atoms with Crippen molar-refractivity contribution in [1.29, 1.82) is 0 Å². The van der Waals surface area contributed by atoms with Crippen molar-refractivity contribution in [2.45, 2.75) is 34.6 Å². The van der Waals surface area contributed by atoms with Crippen LogP contribution < -0.4 is 0 Å². The van der Waals surface area contributed by atoms with Gasteiger partial charge in [0.05, 0.1) is 12.0 Å². The molecule has 0 N–H and O–H groups in total. The fourth-order valence-electron chi connectivity index (χ4n) is 5.07. The van der Waals surface area contributed by atoms with E-state index in [2.05, 4.69) is 81.4 Å². The number of allylic oxidation sites excluding steroid dienone is 2. The number of hydrogen-bond donors (Lipinski definition) is 0. The maximum absolute atomic E-state index is 11.3. The lowest BCUT2D eigenvalue weighted by atomic mass is 9.91. The maximum atomic E-state index is 11.3. The van der Waals surface area contributed by atoms with Gasteiger partial charge in [0.1, 0.15) is 5.76 Å². The van der Waals surface area contributed by atoms with Gasteiger partial charge in [0.15, 0.2) is 5.78 Å². The van der Waals surface area contributed by atoms with E-state index >= 15 is 0 Å². The van der Waals surface area contributed by atoms with Gasteiger partial charge in [-0.2, -0.15) is 0 Å². The zero-order valence-corrected chi connectivity index (χ0v) is 21.3. The van der Waals surface area contributed by atoms with Crippen molar-refractivity contribution in [2.75, 3.05) is 0 Å². The van der Waals surface area contributed by atoms with Crippen LogP contribution in [0.15, 0.2) is 85.0 Å². The van der Waals surface area contributed by atoms with Crippen LogP contribution in [-0.2, 0) is 9.53 Å². The third-order valence-electron chi connectivity index (χ3n) is 6.60. The Labute approximate surface area is 211 Å². The third kappa shape index (κ3) is 4.40. The van der Waals surface area contributed by atoms with Crippen LogP contribution in [0.4, 0.5) is 0 Å². The molecule has 4 aromatic carbocycles. The number of aryl methyl sites for hydroxylation is 3. The molecule has 0 radical (unpaired) electrons. The number of carbonyl (C=O) groups is 1. The second-order valence-corrected chi connectivity index (χ2v) is 9.53. The van der Waals surface area contributed by atoms with E-state index in [0.717, 1.165) is 27.8 Å². The first-order chi connectivity index (χ1) is 17.3. The third-order valence-corrected chi connectivity index (χ3v) is 6.60. The standard InChI is InChI=1S/C33H29NO2/c1-20-6-8-27-25(17-20)7-9-29-28(27)10-11-31-30(29)12-14-34-33(31)32-18-21(2)16-22(3)26(32)13-15-36-24(5)19-23(4)35/h6-19H,1-5H3/b15-13?,24-19-. The summed E-state index contributed by atoms with van der Waals surface area (Å²) in [7, 11) is 0. The Morgan fingerprint density at radius 2 is 1.47 bits per heavy atom. The molecule has 0 atom stereocenters. The van der Waals surface area contributed by atoms with Crippen molar-refractivity contribution in [3.8, 4) is 11.3 Å². The smallest absolute Gasteiger partial charge is 0.155 e. The Balaban J connectivity index is 1.69. The molecule has 0 saturated carbocycles. The monoisotopic (exact) mass is 471 g/mol. The molecule has 3 heteroatoms. The summed E-state index contributed by atoms with van der Waals surface area (Å²) in [6, 6.07) is 21.9. The molecule has 0 aliphatic carbocycles. The van der Waals surface area contributed by atoms with Gasteiger partial charge in [0.2, 0.25) is 0 Å². The highest BCUT2D eigenvalue weighted by Crippen LogP contribution is 2.37. The first-order valence-corrected chi connectivity index (χ1v) is 12.2. The Bertz CT molecular complexity index is 1720. The van der Waals surface area contributed by atoms with Gasteiger partial charge in [0.25, 0.3) is 0 Å². The Morgan fingerprint density at radius 3 is 2.28 bits per heavy atom. The van der Waals surface area contributed by atoms with Crippen molar-refractivity contribution in [3.05, 3.63) is 107 Å². The molecule has 178 valence electrons. The lowest BCUT2D eigenvalue weighted by Gasteiger charge is -2.15. The summed E-state index contributed by atoms with van der Waals surface area (Å²) in [4.78, 5) is 16.2. The minimum Gasteiger partial charge on any atom is -0.470 e. The van der Waals surface area contributed by atoms with E-state index in [1.54, 1.807) is 13.2 Å². The largest absolute Gasteiger partial charge is 0.470 e. The SMILES string of the molecule is CC(=O)/C=C(/C)OC=Cc1c(C)cc(C)cc1-c1nccc2c1ccc1c3ccc(C)cc3ccc21. The second-order valence-electron chi connectivity index (χ2n) is 9.53. The van der Waals surface area contributed by atoms with Crippen LogP contribution >= 0.6 is 0 Å². The van der Waals surface area contributed by atoms with Crippen LogP contribution in [0.3, 0.4) is 0 Å². The number of hydrogen-bond acceptors (Lipinski definition) is 3. The molecule has 1 aromatic heterocycles. The van der Waals surface area contributed by atoms with Crippen molar-refractivity contribution >= 4 is 44.2 Å². The predicted molar refractivity (Wildman–Crippen MR) is 151 cm³/mol. The molecule has 5 rings (SSSR count). The Hall–Kier alpha value is -4.24. The molecule has 0 amide bonds. The minimum absolute atomic E-state index is 0.0387. The fourth-order valence-corrected chi connectivity index (χ4v) is 5.07. The van der Waals surface area contributed by atoms with Crippen molar-refractivity contribution in [3.63, 3.8) is 0 Å². The summed E-state index contributed by atoms with van der Waals surface area (Å²) >= 11 is 0. The van der Waals surface area contributed by atoms with E-state index < -0.39 is 0 Å². The molecular formula is C33H29NO2. The van der Waals surface area contributed by atoms with Crippen LogP contribution in [0.1, 0.15) is 36.1 Å². The van der Waals surface area contributed by atoms with Gasteiger partial charge in [-0.15, -0.1) is 0 Å². The molecule has 36 heavy (non-hydrogen) atoms. The second kappa shape index (κ2) is 9.43. The lowest BCUT2D eigenvalue weighted by molar-refractivity contribution is -0.112. The van der Waals surface area contributed by atoms with Gasteiger partial charge in [-0.1, -0.05) is 59.7 Å². The molecule has 0 aliphatic rings. The summed E-state index contributed by atoms with van der Waals surface area (Å²) in [5.41, 5.74) is 6.63. The number of carbonyl (C=O) groups excluding carboxylic acids is 1. The zero-order chi connectivity index (χ0) is 25.4. The normalized spacial score (nSPS) is 12.2. The van der Waals surface area contributed by atoms with Gasteiger partial charge in [-0.05, 0) is 90.9 Å². The van der Waals surface area contributed by atoms with E-state index in [0.29, 0.717) is 5.76 Å². The number of ketones is 1. The molecule has 0 unspecified atom stereocenters. The number of fused-ring (bicyclic) bond motifs is 5. The molecule has 0 spiro atoms. The number of aromatic nitrogens is 1. The number of ether oxygens (including phenoxy) is 1. The maximum Gasteiger partial charge on any atom is 0.155 e. The summed E-state index contributed by atoms with van der Waals surface area (Å²) in [6.07, 6.45) is 6.98. The summed E-state index contributed by atoms with van der Waals surface area (Å²) in [5.74, 6) is 0.519. The molecule has 0 saturated heterocycles. The van der Waals surface area contributed by atoms with Crippen molar-refractivity contribution in [2.24, 2.45) is 0 Å². The van der Waals surface area contributed by atoms with Gasteiger partial charge >= 0.3 is 0 Å². The first kappa shape index (κ1) is 23.5. The molecule has 1 heterocycles. The Morgan fingerprint density at radius 1 is 0.778 bits per heavy atom. The predicted octanol–water partition coefficient (Wildman–Crippen LogP) is 8.61. The van der Waals surface area contributed by atoms with E-state index in [1.807, 2.05) is 12.3 Å². The summed E-state index contributed by atoms with van der Waals surface area (Å²) < 4.78 is 5.67. The molecule has 5 aromatic rings. The molecule has 0 fully saturated rings. The number of pyridine rings is 1. The topological polar surface area (TPSA) is 39.2 Å². The molecule has 3 nitrogen and oxygen atoms in total. The number of nitrogens with zero attached hydrogens (tertiary/aromatic N) is 1. The van der Waals surface area contributed by atoms with Crippen LogP contribution in [0, 0.1) is 20.8 Å². The Kier molecular flexibility index (Phi) is 6.15. The summed E-state index contributed by atoms with van der Waals surface area (Å²) in [5, 5.41) is 7.29. The number of rotatable bonds is 5. The van der Waals surface area contributed by atoms with Gasteiger partial charge in [-0.3, -0.25) is 9.78 Å². The highest BCUT2D eigenvalue weighted by molar-refractivity contribution is 6.19. The average Bonchev–Trinajstić information content (AvgIpc) is 2.83. The summed E-state index contributed by atoms with van der Waals surface area (Å²) in [6.45, 7) is 9.62.